The highest BCUT2D eigenvalue weighted by molar-refractivity contribution is 7.98. The Hall–Kier alpha value is -2.87. The van der Waals surface area contributed by atoms with Crippen LogP contribution in [0.3, 0.4) is 0 Å². The Morgan fingerprint density at radius 2 is 1.88 bits per heavy atom. The van der Waals surface area contributed by atoms with Crippen molar-refractivity contribution in [1.82, 2.24) is 4.90 Å². The fraction of sp³-hybridized carbons (Fsp3) is 0.222. The lowest BCUT2D eigenvalue weighted by molar-refractivity contribution is -0.385. The van der Waals surface area contributed by atoms with Crippen LogP contribution in [-0.2, 0) is 4.79 Å². The van der Waals surface area contributed by atoms with Crippen LogP contribution in [0.2, 0.25) is 0 Å². The number of nitrogens with one attached hydrogen (secondary N) is 1. The first-order chi connectivity index (χ1) is 12.3. The van der Waals surface area contributed by atoms with E-state index in [4.69, 9.17) is 0 Å². The van der Waals surface area contributed by atoms with E-state index in [0.29, 0.717) is 11.3 Å². The average molecular weight is 373 g/mol. The molecule has 0 saturated heterocycles. The number of anilines is 1. The van der Waals surface area contributed by atoms with E-state index >= 15 is 0 Å². The molecule has 0 heterocycles. The predicted molar refractivity (Wildman–Crippen MR) is 102 cm³/mol. The number of benzene rings is 2. The first-order valence-electron chi connectivity index (χ1n) is 7.77. The highest BCUT2D eigenvalue weighted by Crippen LogP contribution is 2.25. The number of para-hydroxylation sites is 2. The lowest BCUT2D eigenvalue weighted by Gasteiger charge is -2.18. The molecule has 0 aliphatic carbocycles. The van der Waals surface area contributed by atoms with Gasteiger partial charge in [0.05, 0.1) is 17.2 Å². The normalized spacial score (nSPS) is 10.3. The van der Waals surface area contributed by atoms with Crippen molar-refractivity contribution in [3.05, 3.63) is 63.7 Å². The number of rotatable bonds is 6. The Morgan fingerprint density at radius 3 is 2.54 bits per heavy atom. The molecule has 26 heavy (non-hydrogen) atoms. The Balaban J connectivity index is 2.14. The predicted octanol–water partition coefficient (Wildman–Crippen LogP) is 3.34. The molecular formula is C18H19N3O4S. The van der Waals surface area contributed by atoms with E-state index in [1.807, 2.05) is 18.4 Å². The molecular weight excluding hydrogens is 354 g/mol. The molecule has 2 rings (SSSR count). The maximum atomic E-state index is 12.6. The van der Waals surface area contributed by atoms with Crippen molar-refractivity contribution >= 4 is 35.0 Å². The van der Waals surface area contributed by atoms with E-state index in [9.17, 15) is 19.7 Å². The quantitative estimate of drug-likeness (QED) is 0.476. The summed E-state index contributed by atoms with van der Waals surface area (Å²) in [6.45, 7) is 1.35. The minimum Gasteiger partial charge on any atom is -0.332 e. The molecule has 0 atom stereocenters. The number of carbonyl (C=O) groups excluding carboxylic acids is 2. The Bertz CT molecular complexity index is 854. The minimum atomic E-state index is -0.578. The molecule has 0 unspecified atom stereocenters. The SMILES string of the molecule is CSc1ccccc1NC(=O)CN(C)C(=O)c1cccc(C)c1[N+](=O)[O-]. The zero-order valence-electron chi connectivity index (χ0n) is 14.7. The number of hydrogen-bond donors (Lipinski definition) is 1. The summed E-state index contributed by atoms with van der Waals surface area (Å²) in [5, 5.41) is 14.0. The molecule has 0 radical (unpaired) electrons. The number of nitrogens with zero attached hydrogens (tertiary/aromatic N) is 2. The first kappa shape index (κ1) is 19.5. The van der Waals surface area contributed by atoms with Crippen molar-refractivity contribution in [2.24, 2.45) is 0 Å². The summed E-state index contributed by atoms with van der Waals surface area (Å²) < 4.78 is 0. The van der Waals surface area contributed by atoms with Crippen molar-refractivity contribution in [1.29, 1.82) is 0 Å². The molecule has 0 bridgehead atoms. The molecule has 7 nitrogen and oxygen atoms in total. The topological polar surface area (TPSA) is 92.6 Å². The largest absolute Gasteiger partial charge is 0.332 e. The van der Waals surface area contributed by atoms with Gasteiger partial charge in [-0.3, -0.25) is 19.7 Å². The third kappa shape index (κ3) is 4.40. The summed E-state index contributed by atoms with van der Waals surface area (Å²) in [6, 6.07) is 11.9. The van der Waals surface area contributed by atoms with Gasteiger partial charge in [-0.15, -0.1) is 11.8 Å². The number of likely N-dealkylation sites (N-methyl/N-ethyl adjacent to an activating group) is 1. The van der Waals surface area contributed by atoms with Crippen molar-refractivity contribution in [2.45, 2.75) is 11.8 Å². The molecule has 1 N–H and O–H groups in total. The van der Waals surface area contributed by atoms with Gasteiger partial charge in [0.25, 0.3) is 11.6 Å². The van der Waals surface area contributed by atoms with Crippen LogP contribution in [0.5, 0.6) is 0 Å². The lowest BCUT2D eigenvalue weighted by atomic mass is 10.1. The summed E-state index contributed by atoms with van der Waals surface area (Å²) in [6.07, 6.45) is 1.90. The van der Waals surface area contributed by atoms with Gasteiger partial charge in [-0.05, 0) is 31.4 Å². The Labute approximate surface area is 155 Å². The second-order valence-electron chi connectivity index (χ2n) is 5.64. The van der Waals surface area contributed by atoms with Crippen LogP contribution in [0, 0.1) is 17.0 Å². The van der Waals surface area contributed by atoms with Gasteiger partial charge in [-0.1, -0.05) is 24.3 Å². The monoisotopic (exact) mass is 373 g/mol. The van der Waals surface area contributed by atoms with Crippen LogP contribution in [0.25, 0.3) is 0 Å². The smallest absolute Gasteiger partial charge is 0.285 e. The zero-order chi connectivity index (χ0) is 19.3. The number of hydrogen-bond acceptors (Lipinski definition) is 5. The van der Waals surface area contributed by atoms with Crippen LogP contribution < -0.4 is 5.32 Å². The highest BCUT2D eigenvalue weighted by atomic mass is 32.2. The fourth-order valence-corrected chi connectivity index (χ4v) is 3.06. The van der Waals surface area contributed by atoms with E-state index < -0.39 is 10.8 Å². The van der Waals surface area contributed by atoms with Crippen LogP contribution >= 0.6 is 11.8 Å². The third-order valence-electron chi connectivity index (χ3n) is 3.76. The molecule has 0 saturated carbocycles. The van der Waals surface area contributed by atoms with Gasteiger partial charge < -0.3 is 10.2 Å². The molecule has 0 aliphatic heterocycles. The van der Waals surface area contributed by atoms with E-state index in [2.05, 4.69) is 5.32 Å². The van der Waals surface area contributed by atoms with Gasteiger partial charge >= 0.3 is 0 Å². The van der Waals surface area contributed by atoms with Gasteiger partial charge in [-0.2, -0.15) is 0 Å². The Kier molecular flexibility index (Phi) is 6.35. The first-order valence-corrected chi connectivity index (χ1v) is 9.00. The molecule has 2 aromatic carbocycles. The van der Waals surface area contributed by atoms with Crippen molar-refractivity contribution in [2.75, 3.05) is 25.2 Å². The van der Waals surface area contributed by atoms with E-state index in [1.54, 1.807) is 31.2 Å². The molecule has 136 valence electrons. The van der Waals surface area contributed by atoms with Crippen molar-refractivity contribution < 1.29 is 14.5 Å². The van der Waals surface area contributed by atoms with Gasteiger partial charge in [0, 0.05) is 17.5 Å². The van der Waals surface area contributed by atoms with Gasteiger partial charge in [0.2, 0.25) is 5.91 Å². The van der Waals surface area contributed by atoms with Crippen molar-refractivity contribution in [3.8, 4) is 0 Å². The minimum absolute atomic E-state index is 0.0326. The van der Waals surface area contributed by atoms with Crippen molar-refractivity contribution in [3.63, 3.8) is 0 Å². The number of carbonyl (C=O) groups is 2. The molecule has 2 amide bonds. The van der Waals surface area contributed by atoms with E-state index in [0.717, 1.165) is 4.90 Å². The molecule has 0 aromatic heterocycles. The maximum absolute atomic E-state index is 12.6. The Morgan fingerprint density at radius 1 is 1.19 bits per heavy atom. The maximum Gasteiger partial charge on any atom is 0.285 e. The summed E-state index contributed by atoms with van der Waals surface area (Å²) >= 11 is 1.50. The summed E-state index contributed by atoms with van der Waals surface area (Å²) in [5.74, 6) is -0.952. The zero-order valence-corrected chi connectivity index (χ0v) is 15.5. The second-order valence-corrected chi connectivity index (χ2v) is 6.49. The molecule has 2 aromatic rings. The van der Waals surface area contributed by atoms with E-state index in [-0.39, 0.29) is 23.7 Å². The van der Waals surface area contributed by atoms with Gasteiger partial charge in [0.15, 0.2) is 0 Å². The summed E-state index contributed by atoms with van der Waals surface area (Å²) in [5.41, 5.74) is 0.785. The number of nitro groups is 1. The highest BCUT2D eigenvalue weighted by Gasteiger charge is 2.25. The van der Waals surface area contributed by atoms with Gasteiger partial charge in [0.1, 0.15) is 5.56 Å². The third-order valence-corrected chi connectivity index (χ3v) is 4.56. The molecule has 0 fully saturated rings. The van der Waals surface area contributed by atoms with E-state index in [1.165, 1.54) is 29.8 Å². The van der Waals surface area contributed by atoms with Crippen LogP contribution in [-0.4, -0.2) is 41.5 Å². The lowest BCUT2D eigenvalue weighted by Crippen LogP contribution is -2.35. The molecule has 0 spiro atoms. The summed E-state index contributed by atoms with van der Waals surface area (Å²) in [7, 11) is 1.44. The number of amides is 2. The molecule has 0 aliphatic rings. The number of nitro benzene ring substituents is 1. The number of thioether (sulfide) groups is 1. The van der Waals surface area contributed by atoms with Gasteiger partial charge in [-0.25, -0.2) is 0 Å². The fourth-order valence-electron chi connectivity index (χ4n) is 2.50. The standard InChI is InChI=1S/C18H19N3O4S/c1-12-7-6-8-13(17(12)21(24)25)18(23)20(2)11-16(22)19-14-9-4-5-10-15(14)26-3/h4-10H,11H2,1-3H3,(H,19,22). The summed E-state index contributed by atoms with van der Waals surface area (Å²) in [4.78, 5) is 37.6. The van der Waals surface area contributed by atoms with Crippen LogP contribution in [0.1, 0.15) is 15.9 Å². The average Bonchev–Trinajstić information content (AvgIpc) is 2.60. The molecule has 8 heteroatoms. The second kappa shape index (κ2) is 8.48. The number of aryl methyl sites for hydroxylation is 1. The van der Waals surface area contributed by atoms with Crippen LogP contribution in [0.4, 0.5) is 11.4 Å². The van der Waals surface area contributed by atoms with Crippen LogP contribution in [0.15, 0.2) is 47.4 Å².